The van der Waals surface area contributed by atoms with Crippen LogP contribution in [0.3, 0.4) is 0 Å². The summed E-state index contributed by atoms with van der Waals surface area (Å²) in [6.07, 6.45) is -0.350. The topological polar surface area (TPSA) is 77.8 Å². The van der Waals surface area contributed by atoms with Crippen molar-refractivity contribution in [1.82, 2.24) is 4.90 Å². The van der Waals surface area contributed by atoms with Gasteiger partial charge in [0.25, 0.3) is 0 Å². The van der Waals surface area contributed by atoms with Gasteiger partial charge in [0, 0.05) is 11.4 Å². The zero-order chi connectivity index (χ0) is 11.0. The molecule has 0 atom stereocenters. The van der Waals surface area contributed by atoms with E-state index < -0.39 is 12.1 Å². The maximum Gasteiger partial charge on any atom is 0.407 e. The number of carboxylic acid groups (broad SMARTS) is 2. The van der Waals surface area contributed by atoms with E-state index in [1.165, 1.54) is 4.90 Å². The number of aromatic carboxylic acids is 1. The summed E-state index contributed by atoms with van der Waals surface area (Å²) in [6.45, 7) is 0.751. The fourth-order valence-corrected chi connectivity index (χ4v) is 2.65. The lowest BCUT2D eigenvalue weighted by atomic mass is 10.1. The van der Waals surface area contributed by atoms with Crippen LogP contribution in [0.25, 0.3) is 0 Å². The lowest BCUT2D eigenvalue weighted by Gasteiger charge is -2.23. The molecule has 1 amide bonds. The molecule has 0 unspecified atom stereocenters. The van der Waals surface area contributed by atoms with E-state index in [1.807, 2.05) is 0 Å². The van der Waals surface area contributed by atoms with Gasteiger partial charge in [-0.1, -0.05) is 0 Å². The third-order valence-electron chi connectivity index (χ3n) is 2.36. The number of amides is 1. The van der Waals surface area contributed by atoms with Crippen molar-refractivity contribution >= 4 is 23.4 Å². The summed E-state index contributed by atoms with van der Waals surface area (Å²) in [5.74, 6) is -0.948. The Kier molecular flexibility index (Phi) is 2.36. The molecule has 0 radical (unpaired) electrons. The average Bonchev–Trinajstić information content (AvgIpc) is 2.59. The van der Waals surface area contributed by atoms with Crippen LogP contribution in [0.1, 0.15) is 20.1 Å². The van der Waals surface area contributed by atoms with Crippen molar-refractivity contribution in [2.24, 2.45) is 0 Å². The molecule has 5 nitrogen and oxygen atoms in total. The van der Waals surface area contributed by atoms with E-state index in [2.05, 4.69) is 0 Å². The molecule has 1 aromatic rings. The number of nitrogens with zero attached hydrogens (tertiary/aromatic N) is 1. The zero-order valence-electron chi connectivity index (χ0n) is 7.77. The van der Waals surface area contributed by atoms with E-state index in [4.69, 9.17) is 10.2 Å². The van der Waals surface area contributed by atoms with Gasteiger partial charge in [-0.25, -0.2) is 9.59 Å². The maximum absolute atomic E-state index is 10.7. The number of carbonyl (C=O) groups is 2. The third-order valence-corrected chi connectivity index (χ3v) is 3.51. The molecule has 0 saturated heterocycles. The molecule has 0 bridgehead atoms. The summed E-state index contributed by atoms with van der Waals surface area (Å²) in [7, 11) is 0. The number of carboxylic acids is 1. The van der Waals surface area contributed by atoms with Crippen LogP contribution >= 0.6 is 11.3 Å². The normalized spacial score (nSPS) is 14.8. The van der Waals surface area contributed by atoms with Crippen LogP contribution in [0.2, 0.25) is 0 Å². The molecule has 15 heavy (non-hydrogen) atoms. The lowest BCUT2D eigenvalue weighted by molar-refractivity contribution is 0.0702. The van der Waals surface area contributed by atoms with Gasteiger partial charge in [0.15, 0.2) is 0 Å². The Morgan fingerprint density at radius 2 is 2.13 bits per heavy atom. The Bertz CT molecular complexity index is 426. The Morgan fingerprint density at radius 1 is 1.40 bits per heavy atom. The first-order valence-electron chi connectivity index (χ1n) is 4.40. The van der Waals surface area contributed by atoms with Crippen molar-refractivity contribution in [2.75, 3.05) is 6.54 Å². The van der Waals surface area contributed by atoms with Crippen molar-refractivity contribution in [2.45, 2.75) is 13.0 Å². The average molecular weight is 227 g/mol. The SMILES string of the molecule is O=C(O)c1cc2c(s1)CN(C(=O)O)CC2. The van der Waals surface area contributed by atoms with E-state index in [0.717, 1.165) is 21.8 Å². The van der Waals surface area contributed by atoms with Crippen LogP contribution in [0.4, 0.5) is 4.79 Å². The lowest BCUT2D eigenvalue weighted by Crippen LogP contribution is -2.33. The molecule has 1 aliphatic heterocycles. The molecular weight excluding hydrogens is 218 g/mol. The van der Waals surface area contributed by atoms with Crippen LogP contribution in [0.15, 0.2) is 6.07 Å². The molecule has 6 heteroatoms. The largest absolute Gasteiger partial charge is 0.477 e. The highest BCUT2D eigenvalue weighted by molar-refractivity contribution is 7.14. The monoisotopic (exact) mass is 227 g/mol. The first-order valence-corrected chi connectivity index (χ1v) is 5.22. The molecule has 80 valence electrons. The Hall–Kier alpha value is -1.56. The minimum Gasteiger partial charge on any atom is -0.477 e. The van der Waals surface area contributed by atoms with Gasteiger partial charge in [-0.05, 0) is 18.1 Å². The van der Waals surface area contributed by atoms with Crippen molar-refractivity contribution in [1.29, 1.82) is 0 Å². The molecule has 0 spiro atoms. The van der Waals surface area contributed by atoms with Crippen LogP contribution in [0, 0.1) is 0 Å². The van der Waals surface area contributed by atoms with Gasteiger partial charge in [0.1, 0.15) is 4.88 Å². The predicted octanol–water partition coefficient (Wildman–Crippen LogP) is 1.48. The van der Waals surface area contributed by atoms with Crippen LogP contribution in [0.5, 0.6) is 0 Å². The van der Waals surface area contributed by atoms with E-state index in [9.17, 15) is 9.59 Å². The Labute approximate surface area is 89.6 Å². The van der Waals surface area contributed by atoms with Crippen LogP contribution in [-0.4, -0.2) is 33.7 Å². The van der Waals surface area contributed by atoms with Crippen molar-refractivity contribution in [3.05, 3.63) is 21.4 Å². The highest BCUT2D eigenvalue weighted by atomic mass is 32.1. The quantitative estimate of drug-likeness (QED) is 0.761. The van der Waals surface area contributed by atoms with Crippen molar-refractivity contribution < 1.29 is 19.8 Å². The molecule has 0 fully saturated rings. The van der Waals surface area contributed by atoms with Gasteiger partial charge >= 0.3 is 12.1 Å². The highest BCUT2D eigenvalue weighted by Crippen LogP contribution is 2.28. The predicted molar refractivity (Wildman–Crippen MR) is 53.4 cm³/mol. The van der Waals surface area contributed by atoms with Crippen molar-refractivity contribution in [3.8, 4) is 0 Å². The first-order chi connectivity index (χ1) is 7.08. The van der Waals surface area contributed by atoms with Gasteiger partial charge in [-0.2, -0.15) is 0 Å². The second kappa shape index (κ2) is 3.54. The molecular formula is C9H9NO4S. The molecule has 2 N–H and O–H groups in total. The summed E-state index contributed by atoms with van der Waals surface area (Å²) in [5, 5.41) is 17.6. The smallest absolute Gasteiger partial charge is 0.407 e. The van der Waals surface area contributed by atoms with Gasteiger partial charge < -0.3 is 15.1 Å². The van der Waals surface area contributed by atoms with Gasteiger partial charge in [-0.15, -0.1) is 11.3 Å². The maximum atomic E-state index is 10.7. The Balaban J connectivity index is 2.26. The third kappa shape index (κ3) is 1.80. The minimum absolute atomic E-state index is 0.284. The van der Waals surface area contributed by atoms with Gasteiger partial charge in [0.05, 0.1) is 6.54 Å². The summed E-state index contributed by atoms with van der Waals surface area (Å²) in [6, 6.07) is 1.64. The van der Waals surface area contributed by atoms with E-state index in [0.29, 0.717) is 19.5 Å². The van der Waals surface area contributed by atoms with Crippen molar-refractivity contribution in [3.63, 3.8) is 0 Å². The second-order valence-corrected chi connectivity index (χ2v) is 4.46. The molecule has 1 aliphatic rings. The molecule has 2 rings (SSSR count). The first kappa shape index (κ1) is 9.97. The molecule has 2 heterocycles. The summed E-state index contributed by atoms with van der Waals surface area (Å²) < 4.78 is 0. The molecule has 0 aromatic carbocycles. The second-order valence-electron chi connectivity index (χ2n) is 3.32. The number of hydrogen-bond donors (Lipinski definition) is 2. The molecule has 1 aromatic heterocycles. The summed E-state index contributed by atoms with van der Waals surface area (Å²) >= 11 is 1.16. The number of rotatable bonds is 1. The summed E-state index contributed by atoms with van der Waals surface area (Å²) in [5.41, 5.74) is 0.968. The van der Waals surface area contributed by atoms with Crippen LogP contribution in [-0.2, 0) is 13.0 Å². The van der Waals surface area contributed by atoms with Gasteiger partial charge in [-0.3, -0.25) is 0 Å². The number of thiophene rings is 1. The molecule has 0 saturated carbocycles. The standard InChI is InChI=1S/C9H9NO4S/c11-8(12)6-3-5-1-2-10(9(13)14)4-7(5)15-6/h3H,1-2,4H2,(H,11,12)(H,13,14). The van der Waals surface area contributed by atoms with Crippen LogP contribution < -0.4 is 0 Å². The minimum atomic E-state index is -0.953. The fourth-order valence-electron chi connectivity index (χ4n) is 1.59. The van der Waals surface area contributed by atoms with E-state index >= 15 is 0 Å². The fraction of sp³-hybridized carbons (Fsp3) is 0.333. The highest BCUT2D eigenvalue weighted by Gasteiger charge is 2.23. The Morgan fingerprint density at radius 3 is 2.73 bits per heavy atom. The molecule has 0 aliphatic carbocycles. The zero-order valence-corrected chi connectivity index (χ0v) is 8.58. The number of hydrogen-bond acceptors (Lipinski definition) is 3. The van der Waals surface area contributed by atoms with E-state index in [1.54, 1.807) is 6.07 Å². The number of fused-ring (bicyclic) bond motifs is 1. The summed E-state index contributed by atoms with van der Waals surface area (Å²) in [4.78, 5) is 23.9. The van der Waals surface area contributed by atoms with Gasteiger partial charge in [0.2, 0.25) is 0 Å². The van der Waals surface area contributed by atoms with E-state index in [-0.39, 0.29) is 4.88 Å².